The van der Waals surface area contributed by atoms with E-state index in [4.69, 9.17) is 30.0 Å². The van der Waals surface area contributed by atoms with Crippen LogP contribution in [0, 0.1) is 5.41 Å². The average Bonchev–Trinajstić information content (AvgIpc) is 3.17. The third-order valence-electron chi connectivity index (χ3n) is 5.10. The lowest BCUT2D eigenvalue weighted by Gasteiger charge is -2.22. The first kappa shape index (κ1) is 37.3. The fourth-order valence-corrected chi connectivity index (χ4v) is 3.15. The molecule has 0 unspecified atom stereocenters. The smallest absolute Gasteiger partial charge is 0.475 e. The zero-order valence-electron chi connectivity index (χ0n) is 23.1. The van der Waals surface area contributed by atoms with Gasteiger partial charge < -0.3 is 19.7 Å². The fraction of sp³-hybridized carbons (Fsp3) is 0.520. The van der Waals surface area contributed by atoms with Gasteiger partial charge in [0.1, 0.15) is 5.82 Å². The maximum Gasteiger partial charge on any atom is 0.490 e. The Morgan fingerprint density at radius 1 is 0.976 bits per heavy atom. The highest BCUT2D eigenvalue weighted by Gasteiger charge is 2.38. The average molecular weight is 601 g/mol. The second-order valence-corrected chi connectivity index (χ2v) is 9.61. The second-order valence-electron chi connectivity index (χ2n) is 9.61. The van der Waals surface area contributed by atoms with Gasteiger partial charge in [-0.3, -0.25) is 10.0 Å². The molecule has 1 aromatic heterocycles. The van der Waals surface area contributed by atoms with Crippen molar-refractivity contribution in [3.05, 3.63) is 35.7 Å². The lowest BCUT2D eigenvalue weighted by atomic mass is 9.92. The van der Waals surface area contributed by atoms with E-state index in [1.165, 1.54) is 6.08 Å². The Balaban J connectivity index is 0.000000941. The largest absolute Gasteiger partial charge is 0.490 e. The number of imidazole rings is 1. The molecule has 0 atom stereocenters. The van der Waals surface area contributed by atoms with Crippen molar-refractivity contribution in [1.82, 2.24) is 19.9 Å². The van der Waals surface area contributed by atoms with Gasteiger partial charge >= 0.3 is 24.3 Å². The molecule has 1 aromatic carbocycles. The first-order valence-electron chi connectivity index (χ1n) is 12.1. The van der Waals surface area contributed by atoms with Crippen LogP contribution in [0.3, 0.4) is 0 Å². The van der Waals surface area contributed by atoms with Crippen LogP contribution in [0.2, 0.25) is 0 Å². The summed E-state index contributed by atoms with van der Waals surface area (Å²) in [7, 11) is 0. The summed E-state index contributed by atoms with van der Waals surface area (Å²) in [5, 5.41) is 22.9. The van der Waals surface area contributed by atoms with Crippen LogP contribution in [-0.2, 0) is 27.3 Å². The highest BCUT2D eigenvalue weighted by molar-refractivity contribution is 5.91. The first-order chi connectivity index (χ1) is 18.7. The molecule has 41 heavy (non-hydrogen) atoms. The minimum atomic E-state index is -5.08. The SMILES string of the molecule is CCN(CC)CCn1c(CC(C)(C)C)nc2cc(/C=C/C(=O)NO)ccc21.O=C(O)C(F)(F)F.O=C(O)C(F)(F)F. The van der Waals surface area contributed by atoms with Gasteiger partial charge in [-0.1, -0.05) is 40.7 Å². The summed E-state index contributed by atoms with van der Waals surface area (Å²) in [6.45, 7) is 15.0. The Morgan fingerprint density at radius 2 is 1.46 bits per heavy atom. The van der Waals surface area contributed by atoms with Crippen molar-refractivity contribution >= 4 is 35.0 Å². The number of hydrogen-bond acceptors (Lipinski definition) is 6. The number of carboxylic acids is 2. The number of nitrogens with one attached hydrogen (secondary N) is 1. The summed E-state index contributed by atoms with van der Waals surface area (Å²) in [6.07, 6.45) is -6.30. The normalized spacial score (nSPS) is 12.0. The molecule has 2 aromatic rings. The number of benzene rings is 1. The molecule has 10 nitrogen and oxygen atoms in total. The van der Waals surface area contributed by atoms with Gasteiger partial charge in [0.05, 0.1) is 11.0 Å². The first-order valence-corrected chi connectivity index (χ1v) is 12.1. The van der Waals surface area contributed by atoms with E-state index in [2.05, 4.69) is 50.2 Å². The molecule has 0 aliphatic rings. The molecular weight excluding hydrogens is 566 g/mol. The van der Waals surface area contributed by atoms with Crippen LogP contribution in [0.1, 0.15) is 46.0 Å². The minimum Gasteiger partial charge on any atom is -0.475 e. The van der Waals surface area contributed by atoms with Gasteiger partial charge in [-0.05, 0) is 42.3 Å². The monoisotopic (exact) mass is 600 g/mol. The van der Waals surface area contributed by atoms with Crippen molar-refractivity contribution in [3.63, 3.8) is 0 Å². The number of likely N-dealkylation sites (N-methyl/N-ethyl adjacent to an activating group) is 1. The zero-order valence-corrected chi connectivity index (χ0v) is 23.1. The van der Waals surface area contributed by atoms with Crippen molar-refractivity contribution in [2.45, 2.75) is 59.9 Å². The van der Waals surface area contributed by atoms with Gasteiger partial charge in [-0.2, -0.15) is 26.3 Å². The molecule has 2 rings (SSSR count). The van der Waals surface area contributed by atoms with Gasteiger partial charge in [0.15, 0.2) is 0 Å². The predicted octanol–water partition coefficient (Wildman–Crippen LogP) is 4.75. The van der Waals surface area contributed by atoms with Gasteiger partial charge in [0, 0.05) is 25.6 Å². The number of rotatable bonds is 8. The summed E-state index contributed by atoms with van der Waals surface area (Å²) in [5.41, 5.74) is 4.67. The summed E-state index contributed by atoms with van der Waals surface area (Å²) >= 11 is 0. The van der Waals surface area contributed by atoms with Gasteiger partial charge in [0.2, 0.25) is 0 Å². The number of aromatic nitrogens is 2. The van der Waals surface area contributed by atoms with Crippen LogP contribution >= 0.6 is 0 Å². The molecular formula is C25H34F6N4O6. The molecule has 4 N–H and O–H groups in total. The molecule has 16 heteroatoms. The van der Waals surface area contributed by atoms with E-state index in [1.807, 2.05) is 12.1 Å². The van der Waals surface area contributed by atoms with Crippen LogP contribution in [0.4, 0.5) is 26.3 Å². The second kappa shape index (κ2) is 16.0. The van der Waals surface area contributed by atoms with Crippen LogP contribution in [-0.4, -0.2) is 79.7 Å². The van der Waals surface area contributed by atoms with Crippen molar-refractivity contribution in [1.29, 1.82) is 0 Å². The molecule has 0 fully saturated rings. The number of hydrogen-bond donors (Lipinski definition) is 4. The topological polar surface area (TPSA) is 145 Å². The van der Waals surface area contributed by atoms with Crippen molar-refractivity contribution in [2.75, 3.05) is 19.6 Å². The molecule has 1 amide bonds. The molecule has 0 aliphatic carbocycles. The van der Waals surface area contributed by atoms with Gasteiger partial charge in [-0.25, -0.2) is 20.1 Å². The van der Waals surface area contributed by atoms with E-state index in [0.29, 0.717) is 0 Å². The number of carbonyl (C=O) groups excluding carboxylic acids is 1. The van der Waals surface area contributed by atoms with E-state index >= 15 is 0 Å². The highest BCUT2D eigenvalue weighted by atomic mass is 19.4. The quantitative estimate of drug-likeness (QED) is 0.147. The third kappa shape index (κ3) is 14.5. The van der Waals surface area contributed by atoms with Gasteiger partial charge in [-0.15, -0.1) is 0 Å². The number of fused-ring (bicyclic) bond motifs is 1. The maximum atomic E-state index is 11.2. The number of halogens is 6. The number of nitrogens with zero attached hydrogens (tertiary/aromatic N) is 3. The molecule has 0 spiro atoms. The van der Waals surface area contributed by atoms with Crippen LogP contribution in [0.15, 0.2) is 24.3 Å². The number of carboxylic acid groups (broad SMARTS) is 2. The summed E-state index contributed by atoms with van der Waals surface area (Å²) in [4.78, 5) is 36.3. The number of amides is 1. The lowest BCUT2D eigenvalue weighted by molar-refractivity contribution is -0.193. The van der Waals surface area contributed by atoms with Crippen LogP contribution < -0.4 is 5.48 Å². The molecule has 0 saturated heterocycles. The third-order valence-corrected chi connectivity index (χ3v) is 5.10. The Kier molecular flexibility index (Phi) is 14.5. The van der Waals surface area contributed by atoms with Crippen molar-refractivity contribution in [2.24, 2.45) is 5.41 Å². The zero-order chi connectivity index (χ0) is 32.2. The summed E-state index contributed by atoms with van der Waals surface area (Å²) in [6, 6.07) is 6.02. The number of carbonyl (C=O) groups is 3. The van der Waals surface area contributed by atoms with Crippen LogP contribution in [0.25, 0.3) is 17.1 Å². The molecule has 0 bridgehead atoms. The van der Waals surface area contributed by atoms with E-state index in [0.717, 1.165) is 55.0 Å². The summed E-state index contributed by atoms with van der Waals surface area (Å²) < 4.78 is 65.8. The number of hydroxylamine groups is 1. The fourth-order valence-electron chi connectivity index (χ4n) is 3.15. The van der Waals surface area contributed by atoms with E-state index in [-0.39, 0.29) is 5.41 Å². The predicted molar refractivity (Wildman–Crippen MR) is 137 cm³/mol. The number of aliphatic carboxylic acids is 2. The molecule has 232 valence electrons. The lowest BCUT2D eigenvalue weighted by Crippen LogP contribution is -2.28. The van der Waals surface area contributed by atoms with Gasteiger partial charge in [0.25, 0.3) is 5.91 Å². The van der Waals surface area contributed by atoms with E-state index in [9.17, 15) is 31.1 Å². The molecule has 1 heterocycles. The number of alkyl halides is 6. The van der Waals surface area contributed by atoms with E-state index in [1.54, 1.807) is 11.6 Å². The van der Waals surface area contributed by atoms with Crippen LogP contribution in [0.5, 0.6) is 0 Å². The summed E-state index contributed by atoms with van der Waals surface area (Å²) in [5.74, 6) is -4.97. The van der Waals surface area contributed by atoms with Crippen molar-refractivity contribution in [3.8, 4) is 0 Å². The maximum absolute atomic E-state index is 11.2. The minimum absolute atomic E-state index is 0.149. The Labute approximate surface area is 232 Å². The Bertz CT molecular complexity index is 1160. The van der Waals surface area contributed by atoms with Crippen molar-refractivity contribution < 1.29 is 56.1 Å². The standard InChI is InChI=1S/C21H32N4O2.2C2HF3O2/c1-6-24(7-2)12-13-25-18-10-8-16(9-11-20(26)23-27)14-17(18)22-19(25)15-21(3,4)5;2*3-2(4,5)1(6)7/h8-11,14,27H,6-7,12-13,15H2,1-5H3,(H,23,26);2*(H,6,7)/b11-9+;;. The van der Waals surface area contributed by atoms with E-state index < -0.39 is 30.2 Å². The Hall–Kier alpha value is -3.66. The highest BCUT2D eigenvalue weighted by Crippen LogP contribution is 2.25. The molecule has 0 saturated carbocycles. The molecule has 0 radical (unpaired) electrons. The Morgan fingerprint density at radius 3 is 1.85 bits per heavy atom. The molecule has 0 aliphatic heterocycles.